The Morgan fingerprint density at radius 3 is 2.52 bits per heavy atom. The Labute approximate surface area is 122 Å². The van der Waals surface area contributed by atoms with E-state index in [-0.39, 0.29) is 23.1 Å². The molecule has 1 spiro atoms. The van der Waals surface area contributed by atoms with Crippen LogP contribution in [0.15, 0.2) is 18.2 Å². The van der Waals surface area contributed by atoms with Gasteiger partial charge in [-0.25, -0.2) is 4.39 Å². The number of piperidine rings is 1. The van der Waals surface area contributed by atoms with E-state index in [9.17, 15) is 14.0 Å². The van der Waals surface area contributed by atoms with E-state index >= 15 is 0 Å². The van der Waals surface area contributed by atoms with Gasteiger partial charge in [0.15, 0.2) is 0 Å². The van der Waals surface area contributed by atoms with Gasteiger partial charge in [-0.05, 0) is 55.4 Å². The highest BCUT2D eigenvalue weighted by Crippen LogP contribution is 2.59. The second kappa shape index (κ2) is 4.83. The van der Waals surface area contributed by atoms with E-state index in [1.54, 1.807) is 17.9 Å². The van der Waals surface area contributed by atoms with Crippen molar-refractivity contribution < 1.29 is 19.1 Å². The fraction of sp³-hybridized carbons (Fsp3) is 0.500. The fourth-order valence-electron chi connectivity index (χ4n) is 3.36. The molecule has 1 N–H and O–H groups in total. The summed E-state index contributed by atoms with van der Waals surface area (Å²) in [5.74, 6) is -1.36. The Morgan fingerprint density at radius 2 is 2.00 bits per heavy atom. The van der Waals surface area contributed by atoms with Crippen molar-refractivity contribution in [3.05, 3.63) is 35.1 Å². The smallest absolute Gasteiger partial charge is 0.307 e. The van der Waals surface area contributed by atoms with E-state index in [2.05, 4.69) is 0 Å². The number of halogens is 1. The van der Waals surface area contributed by atoms with Crippen molar-refractivity contribution in [2.75, 3.05) is 13.1 Å². The molecule has 5 heteroatoms. The molecule has 0 radical (unpaired) electrons. The summed E-state index contributed by atoms with van der Waals surface area (Å²) in [7, 11) is 0. The summed E-state index contributed by atoms with van der Waals surface area (Å²) in [6, 6.07) is 4.39. The molecule has 1 amide bonds. The third-order valence-electron chi connectivity index (χ3n) is 4.94. The molecule has 1 aromatic rings. The second-order valence-corrected chi connectivity index (χ2v) is 6.21. The minimum atomic E-state index is -0.719. The van der Waals surface area contributed by atoms with Gasteiger partial charge < -0.3 is 10.0 Å². The van der Waals surface area contributed by atoms with Gasteiger partial charge in [0.25, 0.3) is 5.91 Å². The van der Waals surface area contributed by atoms with E-state index in [1.165, 1.54) is 12.1 Å². The number of amides is 1. The van der Waals surface area contributed by atoms with E-state index in [0.717, 1.165) is 19.3 Å². The Bertz CT molecular complexity index is 606. The van der Waals surface area contributed by atoms with E-state index in [4.69, 9.17) is 5.11 Å². The highest BCUT2D eigenvalue weighted by molar-refractivity contribution is 5.94. The minimum absolute atomic E-state index is 0.0820. The van der Waals surface area contributed by atoms with Crippen LogP contribution in [0.1, 0.15) is 35.2 Å². The molecule has 1 saturated heterocycles. The Kier molecular flexibility index (Phi) is 3.23. The van der Waals surface area contributed by atoms with Crippen LogP contribution in [0.4, 0.5) is 4.39 Å². The molecule has 1 unspecified atom stereocenters. The van der Waals surface area contributed by atoms with Gasteiger partial charge in [-0.2, -0.15) is 0 Å². The predicted molar refractivity (Wildman–Crippen MR) is 74.5 cm³/mol. The zero-order chi connectivity index (χ0) is 15.2. The lowest BCUT2D eigenvalue weighted by Gasteiger charge is -2.32. The number of aliphatic carboxylic acids is 1. The minimum Gasteiger partial charge on any atom is -0.481 e. The summed E-state index contributed by atoms with van der Waals surface area (Å²) >= 11 is 0. The van der Waals surface area contributed by atoms with Crippen molar-refractivity contribution in [3.8, 4) is 0 Å². The SMILES string of the molecule is Cc1cc(C(=O)N2CCC3(CC2)CC3C(=O)O)ccc1F. The topological polar surface area (TPSA) is 57.6 Å². The van der Waals surface area contributed by atoms with Gasteiger partial charge in [-0.15, -0.1) is 0 Å². The van der Waals surface area contributed by atoms with Crippen molar-refractivity contribution in [2.45, 2.75) is 26.2 Å². The number of rotatable bonds is 2. The maximum absolute atomic E-state index is 13.3. The Balaban J connectivity index is 1.66. The van der Waals surface area contributed by atoms with Crippen LogP contribution in [0.2, 0.25) is 0 Å². The maximum Gasteiger partial charge on any atom is 0.307 e. The number of aryl methyl sites for hydroxylation is 1. The van der Waals surface area contributed by atoms with Crippen LogP contribution in [-0.4, -0.2) is 35.0 Å². The summed E-state index contributed by atoms with van der Waals surface area (Å²) in [4.78, 5) is 25.2. The molecule has 21 heavy (non-hydrogen) atoms. The number of hydrogen-bond acceptors (Lipinski definition) is 2. The van der Waals surface area contributed by atoms with Gasteiger partial charge in [0.2, 0.25) is 0 Å². The van der Waals surface area contributed by atoms with Crippen molar-refractivity contribution in [3.63, 3.8) is 0 Å². The first kappa shape index (κ1) is 14.0. The number of benzene rings is 1. The average molecular weight is 291 g/mol. The number of carbonyl (C=O) groups is 2. The molecule has 1 saturated carbocycles. The van der Waals surface area contributed by atoms with Crippen LogP contribution in [0.25, 0.3) is 0 Å². The van der Waals surface area contributed by atoms with Crippen LogP contribution in [0, 0.1) is 24.1 Å². The van der Waals surface area contributed by atoms with E-state index < -0.39 is 5.97 Å². The average Bonchev–Trinajstić information content (AvgIpc) is 3.16. The van der Waals surface area contributed by atoms with Gasteiger partial charge in [0.1, 0.15) is 5.82 Å². The van der Waals surface area contributed by atoms with Crippen molar-refractivity contribution in [1.29, 1.82) is 0 Å². The molecule has 0 aromatic heterocycles. The molecular formula is C16H18FNO3. The lowest BCUT2D eigenvalue weighted by Crippen LogP contribution is -2.40. The summed E-state index contributed by atoms with van der Waals surface area (Å²) in [6.45, 7) is 2.80. The molecule has 2 aliphatic rings. The van der Waals surface area contributed by atoms with Crippen molar-refractivity contribution in [1.82, 2.24) is 4.90 Å². The summed E-state index contributed by atoms with van der Waals surface area (Å²) in [5.41, 5.74) is 0.874. The number of likely N-dealkylation sites (tertiary alicyclic amines) is 1. The molecule has 3 rings (SSSR count). The lowest BCUT2D eigenvalue weighted by atomic mass is 9.90. The molecule has 1 atom stereocenters. The molecule has 112 valence electrons. The largest absolute Gasteiger partial charge is 0.481 e. The van der Waals surface area contributed by atoms with Crippen molar-refractivity contribution >= 4 is 11.9 Å². The van der Waals surface area contributed by atoms with Gasteiger partial charge in [-0.3, -0.25) is 9.59 Å². The van der Waals surface area contributed by atoms with Gasteiger partial charge in [0.05, 0.1) is 5.92 Å². The molecule has 1 aromatic carbocycles. The molecule has 1 aliphatic carbocycles. The number of hydrogen-bond donors (Lipinski definition) is 1. The van der Waals surface area contributed by atoms with Gasteiger partial charge in [-0.1, -0.05) is 0 Å². The second-order valence-electron chi connectivity index (χ2n) is 6.21. The van der Waals surface area contributed by atoms with Crippen LogP contribution in [0.5, 0.6) is 0 Å². The third kappa shape index (κ3) is 2.41. The lowest BCUT2D eigenvalue weighted by molar-refractivity contribution is -0.139. The highest BCUT2D eigenvalue weighted by atomic mass is 19.1. The standard InChI is InChI=1S/C16H18FNO3/c1-10-8-11(2-3-13(10)17)14(19)18-6-4-16(5-7-18)9-12(16)15(20)21/h2-3,8,12H,4-7,9H2,1H3,(H,20,21). The molecule has 4 nitrogen and oxygen atoms in total. The molecule has 1 aliphatic heterocycles. The number of nitrogens with zero attached hydrogens (tertiary/aromatic N) is 1. The number of carboxylic acids is 1. The first-order valence-electron chi connectivity index (χ1n) is 7.21. The monoisotopic (exact) mass is 291 g/mol. The van der Waals surface area contributed by atoms with Gasteiger partial charge >= 0.3 is 5.97 Å². The Morgan fingerprint density at radius 1 is 1.33 bits per heavy atom. The molecular weight excluding hydrogens is 273 g/mol. The Hall–Kier alpha value is -1.91. The van der Waals surface area contributed by atoms with E-state index in [0.29, 0.717) is 24.2 Å². The summed E-state index contributed by atoms with van der Waals surface area (Å²) in [5, 5.41) is 9.06. The van der Waals surface area contributed by atoms with Crippen LogP contribution < -0.4 is 0 Å². The zero-order valence-electron chi connectivity index (χ0n) is 11.9. The number of carboxylic acid groups (broad SMARTS) is 1. The van der Waals surface area contributed by atoms with Crippen LogP contribution >= 0.6 is 0 Å². The normalized spacial score (nSPS) is 23.1. The maximum atomic E-state index is 13.3. The fourth-order valence-corrected chi connectivity index (χ4v) is 3.36. The number of carbonyl (C=O) groups excluding carboxylic acids is 1. The molecule has 2 fully saturated rings. The summed E-state index contributed by atoms with van der Waals surface area (Å²) in [6.07, 6.45) is 2.23. The van der Waals surface area contributed by atoms with Crippen molar-refractivity contribution in [2.24, 2.45) is 11.3 Å². The molecule has 1 heterocycles. The summed E-state index contributed by atoms with van der Waals surface area (Å²) < 4.78 is 13.3. The van der Waals surface area contributed by atoms with Gasteiger partial charge in [0, 0.05) is 18.7 Å². The first-order valence-corrected chi connectivity index (χ1v) is 7.21. The zero-order valence-corrected chi connectivity index (χ0v) is 11.9. The first-order chi connectivity index (χ1) is 9.93. The quantitative estimate of drug-likeness (QED) is 0.910. The third-order valence-corrected chi connectivity index (χ3v) is 4.94. The molecule has 0 bridgehead atoms. The van der Waals surface area contributed by atoms with Crippen LogP contribution in [0.3, 0.4) is 0 Å². The van der Waals surface area contributed by atoms with Crippen LogP contribution in [-0.2, 0) is 4.79 Å². The predicted octanol–water partition coefficient (Wildman–Crippen LogP) is 2.46. The highest BCUT2D eigenvalue weighted by Gasteiger charge is 2.59. The van der Waals surface area contributed by atoms with E-state index in [1.807, 2.05) is 0 Å².